The molecule has 0 aromatic carbocycles. The lowest BCUT2D eigenvalue weighted by Gasteiger charge is -2.46. The van der Waals surface area contributed by atoms with Gasteiger partial charge in [-0.3, -0.25) is 0 Å². The number of nitrogens with one attached hydrogen (secondary N) is 1. The fraction of sp³-hybridized carbons (Fsp3) is 0.625. The van der Waals surface area contributed by atoms with Gasteiger partial charge in [-0.05, 0) is 31.1 Å². The molecule has 4 nitrogen and oxygen atoms in total. The van der Waals surface area contributed by atoms with Crippen LogP contribution in [0.25, 0.3) is 0 Å². The predicted molar refractivity (Wildman–Crippen MR) is 86.9 cm³/mol. The second-order valence-corrected chi connectivity index (χ2v) is 6.11. The zero-order valence-electron chi connectivity index (χ0n) is 13.4. The summed E-state index contributed by atoms with van der Waals surface area (Å²) in [6, 6.07) is 0. The van der Waals surface area contributed by atoms with Gasteiger partial charge in [0.05, 0.1) is 11.4 Å². The van der Waals surface area contributed by atoms with Gasteiger partial charge in [0, 0.05) is 26.2 Å². The summed E-state index contributed by atoms with van der Waals surface area (Å²) in [6.45, 7) is 10.4. The van der Waals surface area contributed by atoms with Crippen LogP contribution in [-0.4, -0.2) is 31.0 Å². The van der Waals surface area contributed by atoms with Crippen LogP contribution in [0.5, 0.6) is 0 Å². The molecule has 1 rings (SSSR count). The second-order valence-electron chi connectivity index (χ2n) is 6.11. The molecule has 1 aliphatic carbocycles. The summed E-state index contributed by atoms with van der Waals surface area (Å²) in [5.41, 5.74) is 7.35. The summed E-state index contributed by atoms with van der Waals surface area (Å²) in [5.74, 6) is 2.74. The number of nitrogens with zero attached hydrogens (tertiary/aromatic N) is 2. The lowest BCUT2D eigenvalue weighted by molar-refractivity contribution is 0.0941. The van der Waals surface area contributed by atoms with E-state index in [4.69, 9.17) is 16.1 Å². The zero-order valence-corrected chi connectivity index (χ0v) is 13.4. The average molecular weight is 276 g/mol. The summed E-state index contributed by atoms with van der Waals surface area (Å²) in [6.07, 6.45) is 4.34. The minimum atomic E-state index is 0.281. The number of aliphatic imine (C=N–C) groups is 1. The van der Waals surface area contributed by atoms with Gasteiger partial charge < -0.3 is 16.0 Å². The average Bonchev–Trinajstić information content (AvgIpc) is 2.35. The maximum Gasteiger partial charge on any atom is 0.101 e. The van der Waals surface area contributed by atoms with Gasteiger partial charge in [-0.15, -0.1) is 6.58 Å². The van der Waals surface area contributed by atoms with Crippen molar-refractivity contribution in [3.8, 4) is 0 Å². The Morgan fingerprint density at radius 2 is 2.05 bits per heavy atom. The third-order valence-corrected chi connectivity index (χ3v) is 4.32. The number of rotatable bonds is 5. The molecule has 0 aromatic heterocycles. The van der Waals surface area contributed by atoms with Gasteiger partial charge in [-0.25, -0.2) is 4.99 Å². The van der Waals surface area contributed by atoms with E-state index in [0.717, 1.165) is 18.0 Å². The summed E-state index contributed by atoms with van der Waals surface area (Å²) in [4.78, 5) is 6.66. The highest BCUT2D eigenvalue weighted by molar-refractivity contribution is 5.82. The number of amidine groups is 1. The maximum absolute atomic E-state index is 7.46. The van der Waals surface area contributed by atoms with E-state index in [9.17, 15) is 0 Å². The molecule has 0 saturated heterocycles. The number of allylic oxidation sites excluding steroid dienone is 3. The Labute approximate surface area is 123 Å². The molecule has 0 aromatic rings. The third kappa shape index (κ3) is 3.30. The predicted octanol–water partition coefficient (Wildman–Crippen LogP) is 2.88. The van der Waals surface area contributed by atoms with E-state index in [1.54, 1.807) is 0 Å². The van der Waals surface area contributed by atoms with Crippen LogP contribution in [0, 0.1) is 29.1 Å². The van der Waals surface area contributed by atoms with E-state index in [1.165, 1.54) is 6.21 Å². The maximum atomic E-state index is 7.46. The minimum absolute atomic E-state index is 0.281. The van der Waals surface area contributed by atoms with Crippen molar-refractivity contribution in [2.45, 2.75) is 27.2 Å². The molecule has 0 amide bonds. The summed E-state index contributed by atoms with van der Waals surface area (Å²) < 4.78 is 0. The van der Waals surface area contributed by atoms with Crippen molar-refractivity contribution < 1.29 is 0 Å². The van der Waals surface area contributed by atoms with Crippen molar-refractivity contribution in [1.82, 2.24) is 4.90 Å². The zero-order chi connectivity index (χ0) is 15.4. The summed E-state index contributed by atoms with van der Waals surface area (Å²) >= 11 is 0. The van der Waals surface area contributed by atoms with Gasteiger partial charge in [0.15, 0.2) is 0 Å². The highest BCUT2D eigenvalue weighted by atomic mass is 15.1. The van der Waals surface area contributed by atoms with E-state index in [2.05, 4.69) is 20.4 Å². The van der Waals surface area contributed by atoms with E-state index in [-0.39, 0.29) is 5.92 Å². The van der Waals surface area contributed by atoms with E-state index >= 15 is 0 Å². The fourth-order valence-corrected chi connectivity index (χ4v) is 2.74. The van der Waals surface area contributed by atoms with Gasteiger partial charge in [0.1, 0.15) is 5.84 Å². The Balaban J connectivity index is 3.20. The first kappa shape index (κ1) is 16.5. The van der Waals surface area contributed by atoms with Crippen LogP contribution < -0.4 is 5.73 Å². The highest BCUT2D eigenvalue weighted by Gasteiger charge is 2.43. The van der Waals surface area contributed by atoms with Crippen LogP contribution in [-0.2, 0) is 0 Å². The molecule has 1 aliphatic rings. The van der Waals surface area contributed by atoms with E-state index in [0.29, 0.717) is 23.5 Å². The van der Waals surface area contributed by atoms with Crippen LogP contribution >= 0.6 is 0 Å². The molecule has 20 heavy (non-hydrogen) atoms. The Hall–Kier alpha value is -1.58. The molecule has 0 heterocycles. The van der Waals surface area contributed by atoms with Gasteiger partial charge in [0.25, 0.3) is 0 Å². The van der Waals surface area contributed by atoms with Gasteiger partial charge in [0.2, 0.25) is 0 Å². The van der Waals surface area contributed by atoms with Gasteiger partial charge in [-0.2, -0.15) is 0 Å². The molecule has 0 aliphatic heterocycles. The van der Waals surface area contributed by atoms with Crippen molar-refractivity contribution >= 4 is 12.1 Å². The molecule has 3 unspecified atom stereocenters. The van der Waals surface area contributed by atoms with E-state index < -0.39 is 0 Å². The first-order valence-corrected chi connectivity index (χ1v) is 7.18. The first-order chi connectivity index (χ1) is 9.33. The van der Waals surface area contributed by atoms with Gasteiger partial charge in [-0.1, -0.05) is 19.9 Å². The SMILES string of the molecule is C=CC1CC(C(C)C)C1C(/N=C(\C)N(C)C)=C(\N)C=N. The topological polar surface area (TPSA) is 65.5 Å². The normalized spacial score (nSPS) is 27.7. The summed E-state index contributed by atoms with van der Waals surface area (Å²) in [7, 11) is 3.92. The van der Waals surface area contributed by atoms with Crippen LogP contribution in [0.1, 0.15) is 27.2 Å². The first-order valence-electron chi connectivity index (χ1n) is 7.18. The van der Waals surface area contributed by atoms with Gasteiger partial charge >= 0.3 is 0 Å². The molecular formula is C16H28N4. The Kier molecular flexibility index (Phi) is 5.54. The highest BCUT2D eigenvalue weighted by Crippen LogP contribution is 2.49. The molecule has 1 fully saturated rings. The van der Waals surface area contributed by atoms with Crippen molar-refractivity contribution in [2.75, 3.05) is 14.1 Å². The molecule has 0 spiro atoms. The quantitative estimate of drug-likeness (QED) is 0.460. The minimum Gasteiger partial charge on any atom is -0.396 e. The molecule has 0 radical (unpaired) electrons. The third-order valence-electron chi connectivity index (χ3n) is 4.32. The Bertz CT molecular complexity index is 432. The second kappa shape index (κ2) is 6.73. The lowest BCUT2D eigenvalue weighted by Crippen LogP contribution is -2.41. The number of nitrogens with two attached hydrogens (primary N) is 1. The fourth-order valence-electron chi connectivity index (χ4n) is 2.74. The van der Waals surface area contributed by atoms with Crippen molar-refractivity contribution in [1.29, 1.82) is 5.41 Å². The van der Waals surface area contributed by atoms with E-state index in [1.807, 2.05) is 32.0 Å². The molecule has 0 bridgehead atoms. The monoisotopic (exact) mass is 276 g/mol. The molecule has 1 saturated carbocycles. The number of hydrogen-bond acceptors (Lipinski definition) is 3. The standard InChI is InChI=1S/C16H28N4/c1-7-12-8-13(10(2)3)15(12)16(14(18)9-17)19-11(4)20(5)6/h7,9-10,12-13,15,17H,1,8,18H2,2-6H3/b16-14+,17-9?,19-11+. The molecule has 112 valence electrons. The Morgan fingerprint density at radius 1 is 1.45 bits per heavy atom. The van der Waals surface area contributed by atoms with Crippen LogP contribution in [0.15, 0.2) is 29.0 Å². The molecule has 4 heteroatoms. The smallest absolute Gasteiger partial charge is 0.101 e. The van der Waals surface area contributed by atoms with Crippen LogP contribution in [0.3, 0.4) is 0 Å². The van der Waals surface area contributed by atoms with Crippen molar-refractivity contribution in [3.05, 3.63) is 24.0 Å². The number of hydrogen-bond donors (Lipinski definition) is 2. The van der Waals surface area contributed by atoms with Crippen LogP contribution in [0.4, 0.5) is 0 Å². The summed E-state index contributed by atoms with van der Waals surface area (Å²) in [5, 5.41) is 7.46. The largest absolute Gasteiger partial charge is 0.396 e. The van der Waals surface area contributed by atoms with Crippen LogP contribution in [0.2, 0.25) is 0 Å². The van der Waals surface area contributed by atoms with Crippen molar-refractivity contribution in [2.24, 2.45) is 34.4 Å². The Morgan fingerprint density at radius 3 is 2.45 bits per heavy atom. The van der Waals surface area contributed by atoms with Crippen molar-refractivity contribution in [3.63, 3.8) is 0 Å². The lowest BCUT2D eigenvalue weighted by atomic mass is 9.59. The molecular weight excluding hydrogens is 248 g/mol. The molecule has 3 atom stereocenters. The molecule has 3 N–H and O–H groups in total.